The van der Waals surface area contributed by atoms with E-state index in [0.717, 1.165) is 38.8 Å². The topological polar surface area (TPSA) is 52.3 Å². The Balaban J connectivity index is 1.95. The third kappa shape index (κ3) is 3.01. The molecular formula is C20H20N4OS. The normalized spacial score (nSPS) is 11.5. The van der Waals surface area contributed by atoms with Crippen molar-refractivity contribution in [2.45, 2.75) is 19.0 Å². The average molecular weight is 364 g/mol. The van der Waals surface area contributed by atoms with Gasteiger partial charge in [0.25, 0.3) is 0 Å². The highest BCUT2D eigenvalue weighted by Gasteiger charge is 2.17. The third-order valence-electron chi connectivity index (χ3n) is 4.04. The number of thioether (sulfide) groups is 1. The molecule has 4 aromatic rings. The van der Waals surface area contributed by atoms with Crippen LogP contribution in [0.1, 0.15) is 13.8 Å². The molecule has 5 nitrogen and oxygen atoms in total. The number of fused-ring (bicyclic) bond motifs is 3. The Hall–Kier alpha value is -2.60. The van der Waals surface area contributed by atoms with Crippen LogP contribution in [0.3, 0.4) is 0 Å². The third-order valence-corrected chi connectivity index (χ3v) is 5.40. The van der Waals surface area contributed by atoms with E-state index in [1.165, 1.54) is 0 Å². The van der Waals surface area contributed by atoms with Crippen LogP contribution in [-0.2, 0) is 0 Å². The van der Waals surface area contributed by atoms with Gasteiger partial charge in [0.1, 0.15) is 5.75 Å². The molecule has 0 spiro atoms. The first-order chi connectivity index (χ1) is 12.7. The summed E-state index contributed by atoms with van der Waals surface area (Å²) in [6.45, 7) is 4.40. The molecule has 0 bridgehead atoms. The SMILES string of the molecule is COc1ccccc1-c1nc2c3ccccc3nc(SCC(C)C)n2n1. The molecule has 2 aromatic carbocycles. The van der Waals surface area contributed by atoms with Crippen LogP contribution in [-0.4, -0.2) is 32.4 Å². The van der Waals surface area contributed by atoms with Gasteiger partial charge in [0, 0.05) is 11.1 Å². The number of nitrogens with zero attached hydrogens (tertiary/aromatic N) is 4. The summed E-state index contributed by atoms with van der Waals surface area (Å²) in [5, 5.41) is 6.62. The minimum Gasteiger partial charge on any atom is -0.496 e. The van der Waals surface area contributed by atoms with Crippen molar-refractivity contribution in [1.82, 2.24) is 19.6 Å². The van der Waals surface area contributed by atoms with Gasteiger partial charge in [-0.3, -0.25) is 0 Å². The Morgan fingerprint density at radius 3 is 2.62 bits per heavy atom. The lowest BCUT2D eigenvalue weighted by Crippen LogP contribution is -2.00. The second-order valence-corrected chi connectivity index (χ2v) is 7.47. The summed E-state index contributed by atoms with van der Waals surface area (Å²) in [4.78, 5) is 9.64. The van der Waals surface area contributed by atoms with Gasteiger partial charge in [-0.1, -0.05) is 49.9 Å². The number of ether oxygens (including phenoxy) is 1. The Bertz CT molecular complexity index is 1070. The van der Waals surface area contributed by atoms with Gasteiger partial charge in [-0.2, -0.15) is 4.52 Å². The molecule has 0 aliphatic carbocycles. The van der Waals surface area contributed by atoms with Crippen LogP contribution in [0.25, 0.3) is 27.9 Å². The molecule has 4 rings (SSSR count). The van der Waals surface area contributed by atoms with Crippen LogP contribution >= 0.6 is 11.8 Å². The van der Waals surface area contributed by atoms with Crippen LogP contribution in [0.2, 0.25) is 0 Å². The first-order valence-corrected chi connectivity index (χ1v) is 9.57. The Kier molecular flexibility index (Phi) is 4.51. The highest BCUT2D eigenvalue weighted by atomic mass is 32.2. The molecule has 0 amide bonds. The van der Waals surface area contributed by atoms with Gasteiger partial charge in [0.05, 0.1) is 18.2 Å². The molecule has 0 saturated heterocycles. The summed E-state index contributed by atoms with van der Waals surface area (Å²) >= 11 is 1.71. The maximum Gasteiger partial charge on any atom is 0.191 e. The largest absolute Gasteiger partial charge is 0.496 e. The minimum atomic E-state index is 0.570. The maximum atomic E-state index is 5.48. The standard InChI is InChI=1S/C20H20N4OS/c1-13(2)12-26-20-21-16-10-6-4-8-14(16)19-22-18(23-24(19)20)15-9-5-7-11-17(15)25-3/h4-11,13H,12H2,1-3H3. The summed E-state index contributed by atoms with van der Waals surface area (Å²) in [5.41, 5.74) is 2.63. The van der Waals surface area contributed by atoms with Crippen LogP contribution < -0.4 is 4.74 Å². The van der Waals surface area contributed by atoms with E-state index in [-0.39, 0.29) is 0 Å². The Labute approximate surface area is 156 Å². The fourth-order valence-corrected chi connectivity index (χ4v) is 3.70. The minimum absolute atomic E-state index is 0.570. The van der Waals surface area contributed by atoms with Crippen molar-refractivity contribution in [2.24, 2.45) is 5.92 Å². The molecule has 26 heavy (non-hydrogen) atoms. The first-order valence-electron chi connectivity index (χ1n) is 8.59. The second kappa shape index (κ2) is 6.96. The number of hydrogen-bond acceptors (Lipinski definition) is 5. The number of methoxy groups -OCH3 is 1. The van der Waals surface area contributed by atoms with Gasteiger partial charge in [-0.15, -0.1) is 5.10 Å². The monoisotopic (exact) mass is 364 g/mol. The molecule has 0 saturated carbocycles. The van der Waals surface area contributed by atoms with Gasteiger partial charge in [-0.05, 0) is 30.2 Å². The van der Waals surface area contributed by atoms with E-state index in [4.69, 9.17) is 19.8 Å². The smallest absolute Gasteiger partial charge is 0.191 e. The molecule has 2 aromatic heterocycles. The Morgan fingerprint density at radius 1 is 1.04 bits per heavy atom. The van der Waals surface area contributed by atoms with E-state index < -0.39 is 0 Å². The molecule has 132 valence electrons. The van der Waals surface area contributed by atoms with Crippen molar-refractivity contribution < 1.29 is 4.74 Å². The molecular weight excluding hydrogens is 344 g/mol. The van der Waals surface area contributed by atoms with Gasteiger partial charge in [0.15, 0.2) is 16.6 Å². The highest BCUT2D eigenvalue weighted by molar-refractivity contribution is 7.99. The van der Waals surface area contributed by atoms with Crippen molar-refractivity contribution in [3.8, 4) is 17.1 Å². The van der Waals surface area contributed by atoms with Gasteiger partial charge >= 0.3 is 0 Å². The molecule has 0 N–H and O–H groups in total. The zero-order chi connectivity index (χ0) is 18.1. The van der Waals surface area contributed by atoms with E-state index in [9.17, 15) is 0 Å². The molecule has 0 unspecified atom stereocenters. The van der Waals surface area contributed by atoms with E-state index in [1.807, 2.05) is 53.0 Å². The molecule has 2 heterocycles. The number of aromatic nitrogens is 4. The van der Waals surface area contributed by atoms with Gasteiger partial charge in [0.2, 0.25) is 0 Å². The average Bonchev–Trinajstić information content (AvgIpc) is 3.11. The van der Waals surface area contributed by atoms with E-state index in [2.05, 4.69) is 13.8 Å². The fourth-order valence-electron chi connectivity index (χ4n) is 2.81. The molecule has 0 radical (unpaired) electrons. The maximum absolute atomic E-state index is 5.48. The molecule has 6 heteroatoms. The Morgan fingerprint density at radius 2 is 1.81 bits per heavy atom. The summed E-state index contributed by atoms with van der Waals surface area (Å²) < 4.78 is 7.34. The molecule has 0 fully saturated rings. The van der Waals surface area contributed by atoms with Crippen molar-refractivity contribution in [1.29, 1.82) is 0 Å². The zero-order valence-corrected chi connectivity index (χ0v) is 15.8. The lowest BCUT2D eigenvalue weighted by atomic mass is 10.2. The van der Waals surface area contributed by atoms with Crippen LogP contribution in [0.5, 0.6) is 5.75 Å². The van der Waals surface area contributed by atoms with Crippen LogP contribution in [0.15, 0.2) is 53.7 Å². The number of benzene rings is 2. The van der Waals surface area contributed by atoms with Crippen molar-refractivity contribution in [3.63, 3.8) is 0 Å². The second-order valence-electron chi connectivity index (χ2n) is 6.49. The quantitative estimate of drug-likeness (QED) is 0.379. The lowest BCUT2D eigenvalue weighted by molar-refractivity contribution is 0.416. The van der Waals surface area contributed by atoms with E-state index in [1.54, 1.807) is 18.9 Å². The predicted molar refractivity (Wildman–Crippen MR) is 106 cm³/mol. The number of rotatable bonds is 5. The highest BCUT2D eigenvalue weighted by Crippen LogP contribution is 2.30. The molecule has 0 atom stereocenters. The predicted octanol–water partition coefficient (Wildman–Crippen LogP) is 4.70. The summed E-state index contributed by atoms with van der Waals surface area (Å²) in [6.07, 6.45) is 0. The van der Waals surface area contributed by atoms with Crippen molar-refractivity contribution in [3.05, 3.63) is 48.5 Å². The zero-order valence-electron chi connectivity index (χ0n) is 15.0. The summed E-state index contributed by atoms with van der Waals surface area (Å²) in [7, 11) is 1.66. The van der Waals surface area contributed by atoms with Crippen LogP contribution in [0, 0.1) is 5.92 Å². The summed E-state index contributed by atoms with van der Waals surface area (Å²) in [5.74, 6) is 2.95. The number of para-hydroxylation sites is 2. The van der Waals surface area contributed by atoms with Gasteiger partial charge in [-0.25, -0.2) is 9.97 Å². The fraction of sp³-hybridized carbons (Fsp3) is 0.250. The number of hydrogen-bond donors (Lipinski definition) is 0. The lowest BCUT2D eigenvalue weighted by Gasteiger charge is -2.07. The molecule has 0 aliphatic rings. The first kappa shape index (κ1) is 16.8. The molecule has 0 aliphatic heterocycles. The van der Waals surface area contributed by atoms with Gasteiger partial charge < -0.3 is 4.74 Å². The van der Waals surface area contributed by atoms with Crippen molar-refractivity contribution >= 4 is 28.3 Å². The summed E-state index contributed by atoms with van der Waals surface area (Å²) in [6, 6.07) is 15.9. The van der Waals surface area contributed by atoms with E-state index >= 15 is 0 Å². The van der Waals surface area contributed by atoms with E-state index in [0.29, 0.717) is 11.7 Å². The van der Waals surface area contributed by atoms with Crippen LogP contribution in [0.4, 0.5) is 0 Å². The van der Waals surface area contributed by atoms with Crippen molar-refractivity contribution in [2.75, 3.05) is 12.9 Å².